The standard InChI is InChI=1S/C14H18O2/c1-8-5-10-6-9(2)14(8)4-3-11(15)13(14)12(16)7-10/h5-6,10-11,13,15H,3-4,7H2,1-2H3/t10?,11-,13-,14?/m0/s1. The molecule has 2 atom stereocenters. The van der Waals surface area contributed by atoms with E-state index in [1.807, 2.05) is 0 Å². The molecule has 0 heterocycles. The zero-order chi connectivity index (χ0) is 11.5. The summed E-state index contributed by atoms with van der Waals surface area (Å²) in [5, 5.41) is 10.1. The van der Waals surface area contributed by atoms with Gasteiger partial charge in [-0.3, -0.25) is 4.79 Å². The molecule has 4 aliphatic rings. The maximum absolute atomic E-state index is 12.2. The summed E-state index contributed by atoms with van der Waals surface area (Å²) in [7, 11) is 0. The summed E-state index contributed by atoms with van der Waals surface area (Å²) in [5.41, 5.74) is 2.48. The Morgan fingerprint density at radius 1 is 1.31 bits per heavy atom. The highest BCUT2D eigenvalue weighted by Crippen LogP contribution is 2.58. The number of aliphatic hydroxyl groups is 1. The number of hydrogen-bond donors (Lipinski definition) is 1. The van der Waals surface area contributed by atoms with Gasteiger partial charge in [-0.15, -0.1) is 0 Å². The third-order valence-corrected chi connectivity index (χ3v) is 4.87. The molecular formula is C14H18O2. The number of carbonyl (C=O) groups is 1. The van der Waals surface area contributed by atoms with Gasteiger partial charge in [-0.25, -0.2) is 0 Å². The third-order valence-electron chi connectivity index (χ3n) is 4.87. The maximum atomic E-state index is 12.2. The fourth-order valence-electron chi connectivity index (χ4n) is 4.18. The third kappa shape index (κ3) is 1.03. The van der Waals surface area contributed by atoms with Crippen molar-refractivity contribution in [2.24, 2.45) is 17.3 Å². The van der Waals surface area contributed by atoms with Crippen molar-refractivity contribution in [2.75, 3.05) is 0 Å². The molecule has 2 bridgehead atoms. The SMILES string of the molecule is CC1=CC2C=C(C)C13CC[C@H](O)[C@H]3C(=O)C2. The van der Waals surface area contributed by atoms with Gasteiger partial charge in [0.1, 0.15) is 5.78 Å². The molecule has 0 aromatic carbocycles. The van der Waals surface area contributed by atoms with Crippen LogP contribution < -0.4 is 0 Å². The molecule has 0 radical (unpaired) electrons. The topological polar surface area (TPSA) is 37.3 Å². The molecule has 1 fully saturated rings. The van der Waals surface area contributed by atoms with Gasteiger partial charge < -0.3 is 5.11 Å². The number of aliphatic hydroxyl groups excluding tert-OH is 1. The largest absolute Gasteiger partial charge is 0.392 e. The van der Waals surface area contributed by atoms with Gasteiger partial charge in [0, 0.05) is 17.8 Å². The van der Waals surface area contributed by atoms with E-state index in [9.17, 15) is 9.90 Å². The van der Waals surface area contributed by atoms with E-state index in [0.29, 0.717) is 6.42 Å². The fraction of sp³-hybridized carbons (Fsp3) is 0.643. The molecule has 2 nitrogen and oxygen atoms in total. The van der Waals surface area contributed by atoms with Crippen LogP contribution in [0.5, 0.6) is 0 Å². The summed E-state index contributed by atoms with van der Waals surface area (Å²) in [6, 6.07) is 0. The summed E-state index contributed by atoms with van der Waals surface area (Å²) in [4.78, 5) is 12.2. The Balaban J connectivity index is 2.21. The predicted octanol–water partition coefficient (Wildman–Crippen LogP) is 2.24. The van der Waals surface area contributed by atoms with Crippen LogP contribution in [0.3, 0.4) is 0 Å². The van der Waals surface area contributed by atoms with E-state index in [-0.39, 0.29) is 23.0 Å². The van der Waals surface area contributed by atoms with E-state index in [1.54, 1.807) is 0 Å². The number of allylic oxidation sites excluding steroid dienone is 4. The first-order valence-electron chi connectivity index (χ1n) is 6.14. The van der Waals surface area contributed by atoms with Crippen molar-refractivity contribution >= 4 is 5.78 Å². The highest BCUT2D eigenvalue weighted by molar-refractivity contribution is 5.86. The van der Waals surface area contributed by atoms with E-state index in [2.05, 4.69) is 26.0 Å². The average molecular weight is 218 g/mol. The smallest absolute Gasteiger partial charge is 0.140 e. The number of rotatable bonds is 0. The maximum Gasteiger partial charge on any atom is 0.140 e. The lowest BCUT2D eigenvalue weighted by Gasteiger charge is -2.38. The first kappa shape index (κ1) is 10.3. The van der Waals surface area contributed by atoms with E-state index in [4.69, 9.17) is 0 Å². The number of fused-ring (bicyclic) bond motifs is 1. The van der Waals surface area contributed by atoms with Crippen LogP contribution >= 0.6 is 0 Å². The second kappa shape index (κ2) is 3.07. The number of Topliss-reactive ketones (excluding diaryl/α,β-unsaturated/α-hetero) is 1. The van der Waals surface area contributed by atoms with Crippen LogP contribution in [0.2, 0.25) is 0 Å². The number of carbonyl (C=O) groups excluding carboxylic acids is 1. The normalized spacial score (nSPS) is 46.2. The van der Waals surface area contributed by atoms with Crippen LogP contribution in [0.25, 0.3) is 0 Å². The van der Waals surface area contributed by atoms with Gasteiger partial charge in [0.05, 0.1) is 12.0 Å². The second-order valence-corrected chi connectivity index (χ2v) is 5.59. The van der Waals surface area contributed by atoms with Crippen LogP contribution in [-0.4, -0.2) is 17.0 Å². The van der Waals surface area contributed by atoms with Gasteiger partial charge in [-0.2, -0.15) is 0 Å². The van der Waals surface area contributed by atoms with Gasteiger partial charge in [-0.1, -0.05) is 23.3 Å². The molecule has 4 rings (SSSR count). The lowest BCUT2D eigenvalue weighted by molar-refractivity contribution is -0.127. The van der Waals surface area contributed by atoms with Crippen molar-refractivity contribution in [3.05, 3.63) is 23.3 Å². The van der Waals surface area contributed by atoms with E-state index in [0.717, 1.165) is 12.8 Å². The second-order valence-electron chi connectivity index (χ2n) is 5.59. The Kier molecular flexibility index (Phi) is 1.97. The molecule has 1 saturated carbocycles. The Morgan fingerprint density at radius 2 is 1.94 bits per heavy atom. The first-order chi connectivity index (χ1) is 7.55. The molecule has 86 valence electrons. The number of ketones is 1. The van der Waals surface area contributed by atoms with E-state index in [1.165, 1.54) is 11.1 Å². The lowest BCUT2D eigenvalue weighted by atomic mass is 9.65. The van der Waals surface area contributed by atoms with Crippen molar-refractivity contribution in [3.8, 4) is 0 Å². The molecule has 0 unspecified atom stereocenters. The Labute approximate surface area is 96.0 Å². The zero-order valence-electron chi connectivity index (χ0n) is 9.86. The van der Waals surface area contributed by atoms with Crippen LogP contribution in [-0.2, 0) is 4.79 Å². The van der Waals surface area contributed by atoms with Crippen LogP contribution in [0, 0.1) is 17.3 Å². The van der Waals surface area contributed by atoms with Crippen molar-refractivity contribution in [1.29, 1.82) is 0 Å². The fourth-order valence-corrected chi connectivity index (χ4v) is 4.18. The highest BCUT2D eigenvalue weighted by atomic mass is 16.3. The van der Waals surface area contributed by atoms with Crippen molar-refractivity contribution in [2.45, 2.75) is 39.2 Å². The summed E-state index contributed by atoms with van der Waals surface area (Å²) in [6.45, 7) is 4.26. The van der Waals surface area contributed by atoms with Gasteiger partial charge >= 0.3 is 0 Å². The molecule has 0 saturated heterocycles. The lowest BCUT2D eigenvalue weighted by Crippen LogP contribution is -2.37. The number of hydrogen-bond acceptors (Lipinski definition) is 2. The van der Waals surface area contributed by atoms with E-state index < -0.39 is 6.10 Å². The molecule has 1 spiro atoms. The van der Waals surface area contributed by atoms with Crippen LogP contribution in [0.1, 0.15) is 33.1 Å². The highest BCUT2D eigenvalue weighted by Gasteiger charge is 2.56. The summed E-state index contributed by atoms with van der Waals surface area (Å²) in [5.74, 6) is 0.361. The minimum Gasteiger partial charge on any atom is -0.392 e. The zero-order valence-corrected chi connectivity index (χ0v) is 9.86. The minimum absolute atomic E-state index is 0.135. The Hall–Kier alpha value is -0.890. The summed E-state index contributed by atoms with van der Waals surface area (Å²) < 4.78 is 0. The molecule has 1 N–H and O–H groups in total. The minimum atomic E-state index is -0.434. The van der Waals surface area contributed by atoms with Gasteiger partial charge in [0.25, 0.3) is 0 Å². The quantitative estimate of drug-likeness (QED) is 0.633. The van der Waals surface area contributed by atoms with Crippen molar-refractivity contribution in [1.82, 2.24) is 0 Å². The van der Waals surface area contributed by atoms with Gasteiger partial charge in [0.15, 0.2) is 0 Å². The predicted molar refractivity (Wildman–Crippen MR) is 61.8 cm³/mol. The van der Waals surface area contributed by atoms with Crippen LogP contribution in [0.15, 0.2) is 23.3 Å². The molecule has 2 heteroatoms. The average Bonchev–Trinajstić information content (AvgIpc) is 2.44. The molecule has 0 aliphatic heterocycles. The molecule has 4 aliphatic carbocycles. The molecule has 16 heavy (non-hydrogen) atoms. The summed E-state index contributed by atoms with van der Waals surface area (Å²) >= 11 is 0. The Bertz CT molecular complexity index is 396. The Morgan fingerprint density at radius 3 is 2.56 bits per heavy atom. The molecule has 0 aromatic heterocycles. The van der Waals surface area contributed by atoms with Crippen LogP contribution in [0.4, 0.5) is 0 Å². The van der Waals surface area contributed by atoms with Crippen molar-refractivity contribution in [3.63, 3.8) is 0 Å². The molecule has 0 amide bonds. The molecule has 0 aromatic rings. The summed E-state index contributed by atoms with van der Waals surface area (Å²) in [6.07, 6.45) is 6.32. The first-order valence-corrected chi connectivity index (χ1v) is 6.14. The van der Waals surface area contributed by atoms with Gasteiger partial charge in [-0.05, 0) is 26.7 Å². The van der Waals surface area contributed by atoms with Gasteiger partial charge in [0.2, 0.25) is 0 Å². The van der Waals surface area contributed by atoms with Crippen molar-refractivity contribution < 1.29 is 9.90 Å². The monoisotopic (exact) mass is 218 g/mol. The molecular weight excluding hydrogens is 200 g/mol. The van der Waals surface area contributed by atoms with E-state index >= 15 is 0 Å².